The fourth-order valence-electron chi connectivity index (χ4n) is 1.89. The Bertz CT molecular complexity index is 596. The molecule has 4 heteroatoms. The van der Waals surface area contributed by atoms with Crippen molar-refractivity contribution in [3.63, 3.8) is 0 Å². The van der Waals surface area contributed by atoms with E-state index in [0.29, 0.717) is 17.1 Å². The molecule has 0 amide bonds. The minimum atomic E-state index is 0.223. The average Bonchev–Trinajstić information content (AvgIpc) is 2.92. The van der Waals surface area contributed by atoms with Gasteiger partial charge in [0.2, 0.25) is 6.79 Å². The van der Waals surface area contributed by atoms with Gasteiger partial charge in [-0.25, -0.2) is 0 Å². The Balaban J connectivity index is 1.82. The zero-order valence-electron chi connectivity index (χ0n) is 10.2. The van der Waals surface area contributed by atoms with Crippen molar-refractivity contribution in [3.8, 4) is 11.5 Å². The first kappa shape index (κ1) is 12.1. The molecule has 3 rings (SSSR count). The number of ether oxygens (including phenoxy) is 2. The van der Waals surface area contributed by atoms with Crippen LogP contribution in [0, 0.1) is 0 Å². The summed E-state index contributed by atoms with van der Waals surface area (Å²) in [4.78, 5) is 12.0. The molecule has 0 spiro atoms. The smallest absolute Gasteiger partial charge is 0.231 e. The SMILES string of the molecule is O=Cc1cc2c(cc1SCc1ccccc1)OCO2. The Morgan fingerprint density at radius 3 is 2.58 bits per heavy atom. The first-order valence-electron chi connectivity index (χ1n) is 5.92. The van der Waals surface area contributed by atoms with E-state index in [1.54, 1.807) is 17.8 Å². The Labute approximate surface area is 115 Å². The molecule has 0 atom stereocenters. The minimum absolute atomic E-state index is 0.223. The van der Waals surface area contributed by atoms with E-state index >= 15 is 0 Å². The molecule has 3 nitrogen and oxygen atoms in total. The highest BCUT2D eigenvalue weighted by atomic mass is 32.2. The number of aldehydes is 1. The summed E-state index contributed by atoms with van der Waals surface area (Å²) in [5.41, 5.74) is 1.87. The van der Waals surface area contributed by atoms with Gasteiger partial charge in [-0.05, 0) is 17.7 Å². The predicted octanol–water partition coefficient (Wildman–Crippen LogP) is 3.52. The molecule has 0 unspecified atom stereocenters. The van der Waals surface area contributed by atoms with Gasteiger partial charge in [-0.1, -0.05) is 30.3 Å². The summed E-state index contributed by atoms with van der Waals surface area (Å²) < 4.78 is 10.6. The average molecular weight is 272 g/mol. The van der Waals surface area contributed by atoms with Crippen LogP contribution in [0.5, 0.6) is 11.5 Å². The number of benzene rings is 2. The summed E-state index contributed by atoms with van der Waals surface area (Å²) in [5.74, 6) is 2.17. The molecule has 0 radical (unpaired) electrons. The maximum absolute atomic E-state index is 11.1. The van der Waals surface area contributed by atoms with Gasteiger partial charge in [0.25, 0.3) is 0 Å². The molecule has 2 aromatic carbocycles. The second-order valence-electron chi connectivity index (χ2n) is 4.14. The lowest BCUT2D eigenvalue weighted by atomic mass is 10.2. The van der Waals surface area contributed by atoms with Crippen molar-refractivity contribution in [2.24, 2.45) is 0 Å². The Morgan fingerprint density at radius 1 is 1.11 bits per heavy atom. The van der Waals surface area contributed by atoms with E-state index in [2.05, 4.69) is 12.1 Å². The fourth-order valence-corrected chi connectivity index (χ4v) is 2.87. The maximum atomic E-state index is 11.1. The van der Waals surface area contributed by atoms with E-state index in [1.165, 1.54) is 5.56 Å². The van der Waals surface area contributed by atoms with Crippen molar-refractivity contribution in [1.29, 1.82) is 0 Å². The molecule has 0 fully saturated rings. The molecule has 0 saturated carbocycles. The highest BCUT2D eigenvalue weighted by Gasteiger charge is 2.17. The first-order valence-corrected chi connectivity index (χ1v) is 6.91. The third-order valence-corrected chi connectivity index (χ3v) is 4.01. The highest BCUT2D eigenvalue weighted by molar-refractivity contribution is 7.98. The fraction of sp³-hybridized carbons (Fsp3) is 0.133. The number of carbonyl (C=O) groups is 1. The number of thioether (sulfide) groups is 1. The van der Waals surface area contributed by atoms with Crippen LogP contribution in [-0.4, -0.2) is 13.1 Å². The molecular weight excluding hydrogens is 260 g/mol. The van der Waals surface area contributed by atoms with E-state index in [-0.39, 0.29) is 6.79 Å². The number of carbonyl (C=O) groups excluding carboxylic acids is 1. The van der Waals surface area contributed by atoms with E-state index in [9.17, 15) is 4.79 Å². The van der Waals surface area contributed by atoms with Crippen LogP contribution in [0.3, 0.4) is 0 Å². The molecule has 0 N–H and O–H groups in total. The van der Waals surface area contributed by atoms with Crippen LogP contribution in [0.4, 0.5) is 0 Å². The summed E-state index contributed by atoms with van der Waals surface area (Å²) in [6, 6.07) is 13.8. The maximum Gasteiger partial charge on any atom is 0.231 e. The zero-order chi connectivity index (χ0) is 13.1. The second kappa shape index (κ2) is 5.36. The molecule has 1 aliphatic heterocycles. The number of fused-ring (bicyclic) bond motifs is 1. The number of hydrogen-bond acceptors (Lipinski definition) is 4. The molecule has 0 aliphatic carbocycles. The van der Waals surface area contributed by atoms with Gasteiger partial charge in [-0.15, -0.1) is 11.8 Å². The van der Waals surface area contributed by atoms with Gasteiger partial charge >= 0.3 is 0 Å². The van der Waals surface area contributed by atoms with Crippen LogP contribution in [-0.2, 0) is 5.75 Å². The van der Waals surface area contributed by atoms with Crippen molar-refractivity contribution >= 4 is 18.0 Å². The van der Waals surface area contributed by atoms with Gasteiger partial charge in [0.1, 0.15) is 0 Å². The van der Waals surface area contributed by atoms with Crippen molar-refractivity contribution in [3.05, 3.63) is 53.6 Å². The number of hydrogen-bond donors (Lipinski definition) is 0. The van der Waals surface area contributed by atoms with Crippen molar-refractivity contribution < 1.29 is 14.3 Å². The Kier molecular flexibility index (Phi) is 3.42. The topological polar surface area (TPSA) is 35.5 Å². The van der Waals surface area contributed by atoms with Crippen molar-refractivity contribution in [2.45, 2.75) is 10.6 Å². The Hall–Kier alpha value is -1.94. The van der Waals surface area contributed by atoms with Crippen molar-refractivity contribution in [1.82, 2.24) is 0 Å². The van der Waals surface area contributed by atoms with Crippen LogP contribution in [0.2, 0.25) is 0 Å². The molecule has 1 aliphatic rings. The van der Waals surface area contributed by atoms with Crippen LogP contribution in [0.15, 0.2) is 47.4 Å². The third-order valence-electron chi connectivity index (χ3n) is 2.87. The van der Waals surface area contributed by atoms with Crippen LogP contribution >= 0.6 is 11.8 Å². The van der Waals surface area contributed by atoms with Gasteiger partial charge in [0, 0.05) is 16.2 Å². The van der Waals surface area contributed by atoms with Gasteiger partial charge < -0.3 is 9.47 Å². The van der Waals surface area contributed by atoms with Gasteiger partial charge in [0.05, 0.1) is 0 Å². The van der Waals surface area contributed by atoms with Crippen molar-refractivity contribution in [2.75, 3.05) is 6.79 Å². The largest absolute Gasteiger partial charge is 0.454 e. The summed E-state index contributed by atoms with van der Waals surface area (Å²) >= 11 is 1.62. The lowest BCUT2D eigenvalue weighted by Crippen LogP contribution is -1.92. The van der Waals surface area contributed by atoms with E-state index in [1.807, 2.05) is 24.3 Å². The van der Waals surface area contributed by atoms with E-state index in [4.69, 9.17) is 9.47 Å². The summed E-state index contributed by atoms with van der Waals surface area (Å²) in [5, 5.41) is 0. The lowest BCUT2D eigenvalue weighted by Gasteiger charge is -2.06. The second-order valence-corrected chi connectivity index (χ2v) is 5.15. The van der Waals surface area contributed by atoms with E-state index < -0.39 is 0 Å². The molecule has 96 valence electrons. The van der Waals surface area contributed by atoms with Crippen LogP contribution < -0.4 is 9.47 Å². The normalized spacial score (nSPS) is 12.4. The molecule has 2 aromatic rings. The standard InChI is InChI=1S/C15H12O3S/c16-8-12-6-13-14(18-10-17-13)7-15(12)19-9-11-4-2-1-3-5-11/h1-8H,9-10H2. The molecular formula is C15H12O3S. The molecule has 19 heavy (non-hydrogen) atoms. The molecule has 0 saturated heterocycles. The molecule has 0 bridgehead atoms. The predicted molar refractivity (Wildman–Crippen MR) is 74.0 cm³/mol. The van der Waals surface area contributed by atoms with Gasteiger partial charge in [-0.2, -0.15) is 0 Å². The zero-order valence-corrected chi connectivity index (χ0v) is 11.0. The lowest BCUT2D eigenvalue weighted by molar-refractivity contribution is 0.112. The van der Waals surface area contributed by atoms with Crippen LogP contribution in [0.25, 0.3) is 0 Å². The monoisotopic (exact) mass is 272 g/mol. The van der Waals surface area contributed by atoms with E-state index in [0.717, 1.165) is 16.9 Å². The molecule has 1 heterocycles. The quantitative estimate of drug-likeness (QED) is 0.630. The van der Waals surface area contributed by atoms with Gasteiger partial charge in [0.15, 0.2) is 17.8 Å². The van der Waals surface area contributed by atoms with Gasteiger partial charge in [-0.3, -0.25) is 4.79 Å². The first-order chi connectivity index (χ1) is 9.36. The highest BCUT2D eigenvalue weighted by Crippen LogP contribution is 2.38. The third kappa shape index (κ3) is 2.58. The minimum Gasteiger partial charge on any atom is -0.454 e. The van der Waals surface area contributed by atoms with Crippen LogP contribution in [0.1, 0.15) is 15.9 Å². The molecule has 0 aromatic heterocycles. The summed E-state index contributed by atoms with van der Waals surface area (Å²) in [7, 11) is 0. The summed E-state index contributed by atoms with van der Waals surface area (Å²) in [6.07, 6.45) is 0.856. The summed E-state index contributed by atoms with van der Waals surface area (Å²) in [6.45, 7) is 0.223. The Morgan fingerprint density at radius 2 is 1.84 bits per heavy atom. The number of rotatable bonds is 4.